The van der Waals surface area contributed by atoms with Crippen molar-refractivity contribution in [3.63, 3.8) is 0 Å². The number of carbonyl (C=O) groups is 1. The van der Waals surface area contributed by atoms with E-state index in [0.717, 1.165) is 0 Å². The minimum atomic E-state index is -0.266. The molecular weight excluding hydrogens is 310 g/mol. The van der Waals surface area contributed by atoms with E-state index in [2.05, 4.69) is 15.3 Å². The van der Waals surface area contributed by atoms with Crippen molar-refractivity contribution < 1.29 is 14.3 Å². The molecule has 0 saturated carbocycles. The summed E-state index contributed by atoms with van der Waals surface area (Å²) in [5, 5.41) is 2.84. The Hall–Kier alpha value is -3.03. The van der Waals surface area contributed by atoms with Gasteiger partial charge in [0.05, 0.1) is 6.20 Å². The molecule has 2 heterocycles. The highest BCUT2D eigenvalue weighted by molar-refractivity contribution is 6.06. The number of ether oxygens (including phenoxy) is 2. The molecule has 1 aliphatic heterocycles. The van der Waals surface area contributed by atoms with Crippen molar-refractivity contribution in [3.8, 4) is 11.5 Å². The van der Waals surface area contributed by atoms with Gasteiger partial charge < -0.3 is 24.6 Å². The van der Waals surface area contributed by atoms with Crippen molar-refractivity contribution in [3.05, 3.63) is 30.0 Å². The zero-order valence-electron chi connectivity index (χ0n) is 14.0. The van der Waals surface area contributed by atoms with Crippen LogP contribution >= 0.6 is 0 Å². The topological polar surface area (TPSA) is 79.8 Å². The van der Waals surface area contributed by atoms with Crippen molar-refractivity contribution >= 4 is 23.4 Å². The van der Waals surface area contributed by atoms with Crippen LogP contribution in [0.3, 0.4) is 0 Å². The fourth-order valence-corrected chi connectivity index (χ4v) is 2.24. The van der Waals surface area contributed by atoms with Gasteiger partial charge in [0.25, 0.3) is 5.91 Å². The van der Waals surface area contributed by atoms with Crippen molar-refractivity contribution in [1.82, 2.24) is 9.97 Å². The number of hydrogen-bond acceptors (Lipinski definition) is 7. The maximum atomic E-state index is 12.5. The zero-order chi connectivity index (χ0) is 17.3. The van der Waals surface area contributed by atoms with Crippen molar-refractivity contribution in [1.29, 1.82) is 0 Å². The van der Waals surface area contributed by atoms with E-state index in [1.807, 2.05) is 33.1 Å². The van der Waals surface area contributed by atoms with E-state index in [9.17, 15) is 4.79 Å². The van der Waals surface area contributed by atoms with E-state index in [-0.39, 0.29) is 12.7 Å². The highest BCUT2D eigenvalue weighted by Gasteiger charge is 2.18. The predicted octanol–water partition coefficient (Wildman–Crippen LogP) is 1.59. The van der Waals surface area contributed by atoms with Crippen LogP contribution in [0.5, 0.6) is 11.5 Å². The summed E-state index contributed by atoms with van der Waals surface area (Å²) in [6.45, 7) is 0.172. The number of aromatic nitrogens is 2. The summed E-state index contributed by atoms with van der Waals surface area (Å²) >= 11 is 0. The molecule has 1 N–H and O–H groups in total. The van der Waals surface area contributed by atoms with Gasteiger partial charge in [0.1, 0.15) is 5.69 Å². The third-order valence-electron chi connectivity index (χ3n) is 3.46. The van der Waals surface area contributed by atoms with Gasteiger partial charge in [-0.1, -0.05) is 0 Å². The normalized spacial score (nSPS) is 12.0. The molecule has 0 saturated heterocycles. The monoisotopic (exact) mass is 329 g/mol. The maximum Gasteiger partial charge on any atom is 0.255 e. The van der Waals surface area contributed by atoms with E-state index < -0.39 is 0 Å². The van der Waals surface area contributed by atoms with Crippen LogP contribution in [0.2, 0.25) is 0 Å². The Bertz CT molecular complexity index is 776. The zero-order valence-corrected chi connectivity index (χ0v) is 14.0. The molecule has 8 nitrogen and oxygen atoms in total. The lowest BCUT2D eigenvalue weighted by Crippen LogP contribution is -2.21. The SMILES string of the molecule is CN(C)c1ncc(NC(=O)c2ccc3c(c2)OCO3)c(N(C)C)n1. The van der Waals surface area contributed by atoms with Crippen LogP contribution in [0.4, 0.5) is 17.5 Å². The Morgan fingerprint density at radius 2 is 1.88 bits per heavy atom. The number of carbonyl (C=O) groups excluding carboxylic acids is 1. The van der Waals surface area contributed by atoms with Gasteiger partial charge in [-0.3, -0.25) is 4.79 Å². The van der Waals surface area contributed by atoms with Crippen LogP contribution in [0.25, 0.3) is 0 Å². The Balaban J connectivity index is 1.86. The average Bonchev–Trinajstić information content (AvgIpc) is 3.02. The number of anilines is 3. The standard InChI is InChI=1S/C16H19N5O3/c1-20(2)14-11(8-17-16(19-14)21(3)4)18-15(22)10-5-6-12-13(7-10)24-9-23-12/h5-8H,9H2,1-4H3,(H,18,22). The third kappa shape index (κ3) is 3.03. The maximum absolute atomic E-state index is 12.5. The molecule has 0 bridgehead atoms. The van der Waals surface area contributed by atoms with Gasteiger partial charge in [0.2, 0.25) is 12.7 Å². The first-order valence-corrected chi connectivity index (χ1v) is 7.38. The summed E-state index contributed by atoms with van der Waals surface area (Å²) in [7, 11) is 7.44. The van der Waals surface area contributed by atoms with Crippen molar-refractivity contribution in [2.75, 3.05) is 50.1 Å². The van der Waals surface area contributed by atoms with E-state index in [1.54, 1.807) is 29.3 Å². The fraction of sp³-hybridized carbons (Fsp3) is 0.312. The molecule has 1 aromatic heterocycles. The summed E-state index contributed by atoms with van der Waals surface area (Å²) in [4.78, 5) is 24.9. The highest BCUT2D eigenvalue weighted by atomic mass is 16.7. The van der Waals surface area contributed by atoms with Crippen LogP contribution in [0.1, 0.15) is 10.4 Å². The predicted molar refractivity (Wildman–Crippen MR) is 91.2 cm³/mol. The third-order valence-corrected chi connectivity index (χ3v) is 3.46. The van der Waals surface area contributed by atoms with Crippen LogP contribution in [0, 0.1) is 0 Å². The van der Waals surface area contributed by atoms with Gasteiger partial charge in [-0.15, -0.1) is 0 Å². The highest BCUT2D eigenvalue weighted by Crippen LogP contribution is 2.33. The first-order chi connectivity index (χ1) is 11.5. The van der Waals surface area contributed by atoms with Gasteiger partial charge in [0, 0.05) is 33.8 Å². The average molecular weight is 329 g/mol. The summed E-state index contributed by atoms with van der Waals surface area (Å²) in [5.74, 6) is 2.13. The number of nitrogens with one attached hydrogen (secondary N) is 1. The van der Waals surface area contributed by atoms with E-state index in [4.69, 9.17) is 9.47 Å². The number of fused-ring (bicyclic) bond motifs is 1. The second-order valence-electron chi connectivity index (χ2n) is 5.72. The van der Waals surface area contributed by atoms with Crippen LogP contribution in [-0.4, -0.2) is 50.9 Å². The lowest BCUT2D eigenvalue weighted by atomic mass is 10.2. The minimum absolute atomic E-state index is 0.172. The van der Waals surface area contributed by atoms with E-state index >= 15 is 0 Å². The number of hydrogen-bond donors (Lipinski definition) is 1. The van der Waals surface area contributed by atoms with E-state index in [1.165, 1.54) is 0 Å². The molecule has 1 aliphatic rings. The van der Waals surface area contributed by atoms with Gasteiger partial charge >= 0.3 is 0 Å². The van der Waals surface area contributed by atoms with Crippen molar-refractivity contribution in [2.45, 2.75) is 0 Å². The first-order valence-electron chi connectivity index (χ1n) is 7.38. The first kappa shape index (κ1) is 15.9. The molecule has 0 unspecified atom stereocenters. The Kier molecular flexibility index (Phi) is 4.11. The molecule has 0 radical (unpaired) electrons. The summed E-state index contributed by atoms with van der Waals surface area (Å²) < 4.78 is 10.6. The summed E-state index contributed by atoms with van der Waals surface area (Å²) in [5.41, 5.74) is 1.01. The molecular formula is C16H19N5O3. The lowest BCUT2D eigenvalue weighted by molar-refractivity contribution is 0.102. The molecule has 1 amide bonds. The van der Waals surface area contributed by atoms with Gasteiger partial charge in [-0.05, 0) is 18.2 Å². The Morgan fingerprint density at radius 1 is 1.12 bits per heavy atom. The molecule has 126 valence electrons. The molecule has 2 aromatic rings. The second-order valence-corrected chi connectivity index (χ2v) is 5.72. The van der Waals surface area contributed by atoms with Crippen molar-refractivity contribution in [2.24, 2.45) is 0 Å². The smallest absolute Gasteiger partial charge is 0.255 e. The van der Waals surface area contributed by atoms with E-state index in [0.29, 0.717) is 34.5 Å². The van der Waals surface area contributed by atoms with Gasteiger partial charge in [-0.25, -0.2) is 4.98 Å². The molecule has 1 aromatic carbocycles. The number of amides is 1. The Labute approximate surface area is 140 Å². The molecule has 0 aliphatic carbocycles. The number of nitrogens with zero attached hydrogens (tertiary/aromatic N) is 4. The summed E-state index contributed by atoms with van der Waals surface area (Å²) in [6.07, 6.45) is 1.60. The second kappa shape index (κ2) is 6.23. The minimum Gasteiger partial charge on any atom is -0.454 e. The largest absolute Gasteiger partial charge is 0.454 e. The molecule has 0 atom stereocenters. The van der Waals surface area contributed by atoms with Gasteiger partial charge in [-0.2, -0.15) is 4.98 Å². The fourth-order valence-electron chi connectivity index (χ4n) is 2.24. The lowest BCUT2D eigenvalue weighted by Gasteiger charge is -2.19. The quantitative estimate of drug-likeness (QED) is 0.912. The number of benzene rings is 1. The molecule has 8 heteroatoms. The molecule has 0 fully saturated rings. The van der Waals surface area contributed by atoms with Gasteiger partial charge in [0.15, 0.2) is 17.3 Å². The van der Waals surface area contributed by atoms with Crippen LogP contribution in [-0.2, 0) is 0 Å². The molecule has 24 heavy (non-hydrogen) atoms. The molecule has 0 spiro atoms. The number of rotatable bonds is 4. The van der Waals surface area contributed by atoms with Crippen LogP contribution in [0.15, 0.2) is 24.4 Å². The summed E-state index contributed by atoms with van der Waals surface area (Å²) in [6, 6.07) is 5.06. The van der Waals surface area contributed by atoms with Crippen LogP contribution < -0.4 is 24.6 Å². The molecule has 3 rings (SSSR count). The Morgan fingerprint density at radius 3 is 2.58 bits per heavy atom.